The highest BCUT2D eigenvalue weighted by Crippen LogP contribution is 2.25. The van der Waals surface area contributed by atoms with Crippen LogP contribution in [0.4, 0.5) is 17.6 Å². The molecule has 0 aliphatic heterocycles. The Morgan fingerprint density at radius 2 is 2.06 bits per heavy atom. The fourth-order valence-electron chi connectivity index (χ4n) is 1.28. The third-order valence-electron chi connectivity index (χ3n) is 1.94. The summed E-state index contributed by atoms with van der Waals surface area (Å²) in [5.41, 5.74) is -2.29. The Morgan fingerprint density at radius 1 is 1.44 bits per heavy atom. The second-order valence-electron chi connectivity index (χ2n) is 3.20. The fourth-order valence-corrected chi connectivity index (χ4v) is 1.28. The number of alkyl halides is 4. The lowest BCUT2D eigenvalue weighted by Gasteiger charge is -2.13. The van der Waals surface area contributed by atoms with E-state index in [-0.39, 0.29) is 5.56 Å². The maximum atomic E-state index is 12.5. The topological polar surface area (TPSA) is 79.4 Å². The maximum Gasteiger partial charge on any atom is 0.573 e. The van der Waals surface area contributed by atoms with E-state index in [9.17, 15) is 27.2 Å². The van der Waals surface area contributed by atoms with Crippen molar-refractivity contribution in [1.29, 1.82) is 0 Å². The van der Waals surface area contributed by atoms with Crippen molar-refractivity contribution in [3.8, 4) is 5.75 Å². The second-order valence-corrected chi connectivity index (χ2v) is 3.20. The van der Waals surface area contributed by atoms with Crippen LogP contribution in [0.3, 0.4) is 0 Å². The van der Waals surface area contributed by atoms with Gasteiger partial charge in [-0.05, 0) is 0 Å². The number of H-pyrrole nitrogens is 1. The summed E-state index contributed by atoms with van der Waals surface area (Å²) in [4.78, 5) is 23.5. The van der Waals surface area contributed by atoms with E-state index in [0.717, 1.165) is 6.20 Å². The lowest BCUT2D eigenvalue weighted by atomic mass is 10.1. The molecule has 0 aliphatic rings. The first-order valence-electron chi connectivity index (χ1n) is 4.51. The number of pyridine rings is 1. The Labute approximate surface area is 97.0 Å². The Kier molecular flexibility index (Phi) is 3.94. The number of ether oxygens (including phenoxy) is 1. The quantitative estimate of drug-likeness (QED) is 0.809. The fraction of sp³-hybridized carbons (Fsp3) is 0.333. The highest BCUT2D eigenvalue weighted by molar-refractivity contribution is 5.72. The minimum atomic E-state index is -5.17. The average Bonchev–Trinajstić information content (AvgIpc) is 2.21. The van der Waals surface area contributed by atoms with Crippen molar-refractivity contribution in [1.82, 2.24) is 4.98 Å². The minimum absolute atomic E-state index is 0.378. The van der Waals surface area contributed by atoms with Gasteiger partial charge in [-0.3, -0.25) is 9.59 Å². The molecule has 5 nitrogen and oxygen atoms in total. The molecule has 9 heteroatoms. The van der Waals surface area contributed by atoms with Crippen LogP contribution in [0.15, 0.2) is 11.0 Å². The molecule has 1 rings (SSSR count). The van der Waals surface area contributed by atoms with Crippen molar-refractivity contribution in [2.24, 2.45) is 0 Å². The van der Waals surface area contributed by atoms with E-state index >= 15 is 0 Å². The van der Waals surface area contributed by atoms with Gasteiger partial charge in [0.2, 0.25) is 0 Å². The number of hydrogen-bond acceptors (Lipinski definition) is 3. The van der Waals surface area contributed by atoms with Crippen molar-refractivity contribution in [3.63, 3.8) is 0 Å². The molecule has 0 atom stereocenters. The Hall–Kier alpha value is -2.06. The van der Waals surface area contributed by atoms with Crippen molar-refractivity contribution >= 4 is 5.97 Å². The number of aromatic nitrogens is 1. The number of rotatable bonds is 4. The van der Waals surface area contributed by atoms with E-state index in [1.807, 2.05) is 4.98 Å². The number of aromatic amines is 1. The SMILES string of the molecule is O=C(O)Cc1c(CF)c[nH]c(=O)c1OC(F)(F)F. The standard InChI is InChI=1S/C9H7F4NO4/c10-2-4-3-14-8(17)7(18-9(11,12)13)5(4)1-6(15)16/h3H,1-2H2,(H,14,17)(H,15,16). The third-order valence-corrected chi connectivity index (χ3v) is 1.94. The monoisotopic (exact) mass is 269 g/mol. The van der Waals surface area contributed by atoms with E-state index in [1.165, 1.54) is 0 Å². The Morgan fingerprint density at radius 3 is 2.50 bits per heavy atom. The zero-order valence-corrected chi connectivity index (χ0v) is 8.68. The molecule has 1 aromatic heterocycles. The summed E-state index contributed by atoms with van der Waals surface area (Å²) in [5.74, 6) is -2.76. The zero-order chi connectivity index (χ0) is 13.9. The van der Waals surface area contributed by atoms with Crippen LogP contribution < -0.4 is 10.3 Å². The molecule has 0 saturated heterocycles. The van der Waals surface area contributed by atoms with Gasteiger partial charge in [0, 0.05) is 17.3 Å². The Bertz CT molecular complexity index is 508. The van der Waals surface area contributed by atoms with Crippen LogP contribution in [0.1, 0.15) is 11.1 Å². The number of carboxylic acids is 1. The molecule has 1 heterocycles. The van der Waals surface area contributed by atoms with Crippen LogP contribution in [0.5, 0.6) is 5.75 Å². The summed E-state index contributed by atoms with van der Waals surface area (Å²) in [6, 6.07) is 0. The van der Waals surface area contributed by atoms with Gasteiger partial charge in [-0.25, -0.2) is 4.39 Å². The van der Waals surface area contributed by atoms with Crippen LogP contribution in [0, 0.1) is 0 Å². The van der Waals surface area contributed by atoms with Crippen LogP contribution in [0.25, 0.3) is 0 Å². The van der Waals surface area contributed by atoms with Gasteiger partial charge in [0.25, 0.3) is 5.56 Å². The molecule has 100 valence electrons. The molecule has 0 unspecified atom stereocenters. The highest BCUT2D eigenvalue weighted by atomic mass is 19.4. The zero-order valence-electron chi connectivity index (χ0n) is 8.68. The first-order chi connectivity index (χ1) is 8.24. The molecule has 0 radical (unpaired) electrons. The second kappa shape index (κ2) is 5.07. The lowest BCUT2D eigenvalue weighted by Crippen LogP contribution is -2.25. The van der Waals surface area contributed by atoms with Gasteiger partial charge in [0.05, 0.1) is 6.42 Å². The van der Waals surface area contributed by atoms with Crippen molar-refractivity contribution in [2.45, 2.75) is 19.5 Å². The number of carboxylic acid groups (broad SMARTS) is 1. The van der Waals surface area contributed by atoms with Gasteiger partial charge >= 0.3 is 12.3 Å². The highest BCUT2D eigenvalue weighted by Gasteiger charge is 2.34. The van der Waals surface area contributed by atoms with Crippen molar-refractivity contribution < 1.29 is 32.2 Å². The summed E-state index contributed by atoms with van der Waals surface area (Å²) in [5, 5.41) is 8.53. The molecule has 0 aromatic carbocycles. The van der Waals surface area contributed by atoms with Crippen LogP contribution >= 0.6 is 0 Å². The molecule has 2 N–H and O–H groups in total. The summed E-state index contributed by atoms with van der Waals surface area (Å²) in [7, 11) is 0. The van der Waals surface area contributed by atoms with Crippen LogP contribution in [-0.4, -0.2) is 22.4 Å². The normalized spacial score (nSPS) is 11.3. The minimum Gasteiger partial charge on any atom is -0.481 e. The predicted octanol–water partition coefficient (Wildman–Crippen LogP) is 1.37. The molecule has 0 fully saturated rings. The molecule has 1 aromatic rings. The smallest absolute Gasteiger partial charge is 0.481 e. The third kappa shape index (κ3) is 3.47. The summed E-state index contributed by atoms with van der Waals surface area (Å²) >= 11 is 0. The summed E-state index contributed by atoms with van der Waals surface area (Å²) in [6.07, 6.45) is -5.31. The van der Waals surface area contributed by atoms with Crippen molar-refractivity contribution in [2.75, 3.05) is 0 Å². The van der Waals surface area contributed by atoms with Gasteiger partial charge in [-0.1, -0.05) is 0 Å². The number of hydrogen-bond donors (Lipinski definition) is 2. The van der Waals surface area contributed by atoms with E-state index < -0.39 is 42.3 Å². The molecule has 0 saturated carbocycles. The predicted molar refractivity (Wildman–Crippen MR) is 49.9 cm³/mol. The first-order valence-corrected chi connectivity index (χ1v) is 4.51. The molecule has 0 spiro atoms. The van der Waals surface area contributed by atoms with Crippen molar-refractivity contribution in [3.05, 3.63) is 27.7 Å². The lowest BCUT2D eigenvalue weighted by molar-refractivity contribution is -0.275. The van der Waals surface area contributed by atoms with Crippen LogP contribution in [-0.2, 0) is 17.9 Å². The Balaban J connectivity index is 3.35. The molecule has 0 bridgehead atoms. The average molecular weight is 269 g/mol. The molecular weight excluding hydrogens is 262 g/mol. The molecule has 0 amide bonds. The molecule has 0 aliphatic carbocycles. The number of halogens is 4. The van der Waals surface area contributed by atoms with E-state index in [0.29, 0.717) is 0 Å². The van der Waals surface area contributed by atoms with E-state index in [4.69, 9.17) is 5.11 Å². The van der Waals surface area contributed by atoms with Gasteiger partial charge in [-0.15, -0.1) is 13.2 Å². The van der Waals surface area contributed by atoms with Gasteiger partial charge in [0.1, 0.15) is 6.67 Å². The first kappa shape index (κ1) is 14.0. The molecular formula is C9H7F4NO4. The van der Waals surface area contributed by atoms with Crippen LogP contribution in [0.2, 0.25) is 0 Å². The maximum absolute atomic E-state index is 12.5. The number of aliphatic carboxylic acids is 1. The van der Waals surface area contributed by atoms with Gasteiger partial charge in [0.15, 0.2) is 5.75 Å². The number of carbonyl (C=O) groups is 1. The largest absolute Gasteiger partial charge is 0.573 e. The van der Waals surface area contributed by atoms with E-state index in [1.54, 1.807) is 0 Å². The number of nitrogens with one attached hydrogen (secondary N) is 1. The van der Waals surface area contributed by atoms with Gasteiger partial charge < -0.3 is 14.8 Å². The molecule has 18 heavy (non-hydrogen) atoms. The van der Waals surface area contributed by atoms with Gasteiger partial charge in [-0.2, -0.15) is 0 Å². The van der Waals surface area contributed by atoms with E-state index in [2.05, 4.69) is 4.74 Å². The summed E-state index contributed by atoms with van der Waals surface area (Å²) in [6.45, 7) is -1.23. The summed E-state index contributed by atoms with van der Waals surface area (Å²) < 4.78 is 52.1.